The Balaban J connectivity index is 1.45. The van der Waals surface area contributed by atoms with Crippen molar-refractivity contribution in [2.45, 2.75) is 33.2 Å². The summed E-state index contributed by atoms with van der Waals surface area (Å²) in [7, 11) is 0. The summed E-state index contributed by atoms with van der Waals surface area (Å²) in [6.45, 7) is 7.73. The highest BCUT2D eigenvalue weighted by Gasteiger charge is 2.24. The van der Waals surface area contributed by atoms with E-state index in [2.05, 4.69) is 57.8 Å². The van der Waals surface area contributed by atoms with E-state index in [4.69, 9.17) is 0 Å². The molecule has 144 valence electrons. The Morgan fingerprint density at radius 1 is 1.18 bits per heavy atom. The first-order valence-electron chi connectivity index (χ1n) is 9.90. The summed E-state index contributed by atoms with van der Waals surface area (Å²) in [5.41, 5.74) is 6.95. The smallest absolute Gasteiger partial charge is 0.241 e. The van der Waals surface area contributed by atoms with Gasteiger partial charge in [0, 0.05) is 41.4 Å². The maximum atomic E-state index is 12.8. The fraction of sp³-hybridized carbons (Fsp3) is 0.292. The van der Waals surface area contributed by atoms with Crippen molar-refractivity contribution in [3.8, 4) is 0 Å². The molecule has 0 radical (unpaired) electrons. The quantitative estimate of drug-likeness (QED) is 0.683. The summed E-state index contributed by atoms with van der Waals surface area (Å²) in [5.74, 6) is 0.0534. The zero-order chi connectivity index (χ0) is 19.7. The van der Waals surface area contributed by atoms with Gasteiger partial charge in [0.2, 0.25) is 5.91 Å². The number of rotatable bonds is 4. The second kappa shape index (κ2) is 7.64. The summed E-state index contributed by atoms with van der Waals surface area (Å²) in [5, 5.41) is 4.37. The molecule has 0 fully saturated rings. The van der Waals surface area contributed by atoms with Crippen LogP contribution in [-0.2, 0) is 4.79 Å². The second-order valence-corrected chi connectivity index (χ2v) is 7.71. The van der Waals surface area contributed by atoms with Gasteiger partial charge in [-0.1, -0.05) is 36.4 Å². The zero-order valence-electron chi connectivity index (χ0n) is 16.8. The molecule has 4 nitrogen and oxygen atoms in total. The standard InChI is InChI=1S/C24H27N3O/c1-16-8-9-17(2)23(14-16)26-24(28)18(3)27-12-10-19(11-13-27)21-15-25-22-7-5-4-6-20(21)22/h4-10,14-15,18,25H,11-13H2,1-3H3,(H,26,28)/t18-/m0/s1. The van der Waals surface area contributed by atoms with Crippen molar-refractivity contribution >= 4 is 28.1 Å². The molecule has 0 spiro atoms. The molecule has 3 aromatic rings. The number of benzene rings is 2. The molecule has 0 saturated heterocycles. The summed E-state index contributed by atoms with van der Waals surface area (Å²) in [4.78, 5) is 18.4. The van der Waals surface area contributed by atoms with Gasteiger partial charge < -0.3 is 10.3 Å². The number of fused-ring (bicyclic) bond motifs is 1. The number of hydrogen-bond donors (Lipinski definition) is 2. The van der Waals surface area contributed by atoms with Crippen LogP contribution in [-0.4, -0.2) is 34.9 Å². The van der Waals surface area contributed by atoms with E-state index in [0.29, 0.717) is 0 Å². The molecule has 0 aliphatic carbocycles. The molecule has 1 amide bonds. The lowest BCUT2D eigenvalue weighted by Gasteiger charge is -2.31. The van der Waals surface area contributed by atoms with Gasteiger partial charge in [0.05, 0.1) is 6.04 Å². The fourth-order valence-corrected chi connectivity index (χ4v) is 3.89. The maximum absolute atomic E-state index is 12.8. The Morgan fingerprint density at radius 2 is 2.00 bits per heavy atom. The van der Waals surface area contributed by atoms with Gasteiger partial charge in [-0.2, -0.15) is 0 Å². The van der Waals surface area contributed by atoms with Crippen molar-refractivity contribution in [1.29, 1.82) is 0 Å². The number of anilines is 1. The molecule has 0 bridgehead atoms. The molecule has 1 aliphatic heterocycles. The fourth-order valence-electron chi connectivity index (χ4n) is 3.89. The minimum atomic E-state index is -0.166. The Labute approximate surface area is 166 Å². The minimum absolute atomic E-state index is 0.0534. The molecule has 1 aliphatic rings. The number of hydrogen-bond acceptors (Lipinski definition) is 2. The van der Waals surface area contributed by atoms with E-state index in [0.717, 1.165) is 36.3 Å². The van der Waals surface area contributed by atoms with Crippen LogP contribution in [0.25, 0.3) is 16.5 Å². The van der Waals surface area contributed by atoms with Crippen LogP contribution in [0.2, 0.25) is 0 Å². The molecule has 2 heterocycles. The lowest BCUT2D eigenvalue weighted by Crippen LogP contribution is -2.44. The maximum Gasteiger partial charge on any atom is 0.241 e. The average molecular weight is 374 g/mol. The highest BCUT2D eigenvalue weighted by Crippen LogP contribution is 2.29. The van der Waals surface area contributed by atoms with Crippen LogP contribution in [0.4, 0.5) is 5.69 Å². The van der Waals surface area contributed by atoms with Crippen molar-refractivity contribution in [3.05, 3.63) is 71.4 Å². The van der Waals surface area contributed by atoms with Gasteiger partial charge in [-0.3, -0.25) is 9.69 Å². The van der Waals surface area contributed by atoms with E-state index in [1.54, 1.807) is 0 Å². The molecule has 28 heavy (non-hydrogen) atoms. The predicted octanol–water partition coefficient (Wildman–Crippen LogP) is 4.90. The number of carbonyl (C=O) groups excluding carboxylic acids is 1. The number of H-pyrrole nitrogens is 1. The second-order valence-electron chi connectivity index (χ2n) is 7.71. The van der Waals surface area contributed by atoms with E-state index >= 15 is 0 Å². The van der Waals surface area contributed by atoms with Gasteiger partial charge >= 0.3 is 0 Å². The average Bonchev–Trinajstić information content (AvgIpc) is 3.14. The molecule has 4 heteroatoms. The van der Waals surface area contributed by atoms with Crippen LogP contribution in [0.3, 0.4) is 0 Å². The SMILES string of the molecule is Cc1ccc(C)c(NC(=O)[C@H](C)N2CC=C(c3c[nH]c4ccccc34)CC2)c1. The van der Waals surface area contributed by atoms with Gasteiger partial charge in [0.1, 0.15) is 0 Å². The van der Waals surface area contributed by atoms with E-state index in [-0.39, 0.29) is 11.9 Å². The number of aromatic amines is 1. The third-order valence-electron chi connectivity index (χ3n) is 5.75. The van der Waals surface area contributed by atoms with Gasteiger partial charge in [-0.25, -0.2) is 0 Å². The molecule has 0 saturated carbocycles. The molecule has 2 N–H and O–H groups in total. The van der Waals surface area contributed by atoms with Crippen molar-refractivity contribution in [1.82, 2.24) is 9.88 Å². The minimum Gasteiger partial charge on any atom is -0.361 e. The molecular formula is C24H27N3O. The molecule has 1 atom stereocenters. The number of para-hydroxylation sites is 1. The largest absolute Gasteiger partial charge is 0.361 e. The van der Waals surface area contributed by atoms with Gasteiger partial charge in [-0.15, -0.1) is 0 Å². The lowest BCUT2D eigenvalue weighted by molar-refractivity contribution is -0.120. The Morgan fingerprint density at radius 3 is 2.79 bits per heavy atom. The summed E-state index contributed by atoms with van der Waals surface area (Å²) in [6, 6.07) is 14.4. The van der Waals surface area contributed by atoms with Gasteiger partial charge in [0.25, 0.3) is 0 Å². The van der Waals surface area contributed by atoms with Crippen LogP contribution in [0, 0.1) is 13.8 Å². The highest BCUT2D eigenvalue weighted by atomic mass is 16.2. The summed E-state index contributed by atoms with van der Waals surface area (Å²) < 4.78 is 0. The van der Waals surface area contributed by atoms with Crippen molar-refractivity contribution < 1.29 is 4.79 Å². The topological polar surface area (TPSA) is 48.1 Å². The summed E-state index contributed by atoms with van der Waals surface area (Å²) in [6.07, 6.45) is 5.31. The van der Waals surface area contributed by atoms with Crippen LogP contribution in [0.5, 0.6) is 0 Å². The Kier molecular flexibility index (Phi) is 5.05. The Bertz CT molecular complexity index is 1050. The third kappa shape index (κ3) is 3.60. The Hall–Kier alpha value is -2.85. The van der Waals surface area contributed by atoms with E-state index in [1.807, 2.05) is 32.9 Å². The molecule has 1 aromatic heterocycles. The molecule has 2 aromatic carbocycles. The first-order valence-corrected chi connectivity index (χ1v) is 9.90. The number of aryl methyl sites for hydroxylation is 2. The number of amides is 1. The van der Waals surface area contributed by atoms with Crippen molar-refractivity contribution in [2.24, 2.45) is 0 Å². The molecule has 4 rings (SSSR count). The van der Waals surface area contributed by atoms with Gasteiger partial charge in [0.15, 0.2) is 0 Å². The number of nitrogens with one attached hydrogen (secondary N) is 2. The first-order chi connectivity index (χ1) is 13.5. The lowest BCUT2D eigenvalue weighted by atomic mass is 9.98. The van der Waals surface area contributed by atoms with Crippen molar-refractivity contribution in [2.75, 3.05) is 18.4 Å². The first kappa shape index (κ1) is 18.5. The monoisotopic (exact) mass is 373 g/mol. The van der Waals surface area contributed by atoms with E-state index < -0.39 is 0 Å². The summed E-state index contributed by atoms with van der Waals surface area (Å²) >= 11 is 0. The van der Waals surface area contributed by atoms with Gasteiger partial charge in [-0.05, 0) is 56.0 Å². The zero-order valence-corrected chi connectivity index (χ0v) is 16.8. The van der Waals surface area contributed by atoms with Crippen LogP contribution >= 0.6 is 0 Å². The normalized spacial score (nSPS) is 16.0. The number of aromatic nitrogens is 1. The van der Waals surface area contributed by atoms with E-state index in [1.165, 1.54) is 22.0 Å². The van der Waals surface area contributed by atoms with E-state index in [9.17, 15) is 4.79 Å². The van der Waals surface area contributed by atoms with Crippen LogP contribution in [0.1, 0.15) is 30.0 Å². The number of carbonyl (C=O) groups is 1. The molecular weight excluding hydrogens is 346 g/mol. The number of nitrogens with zero attached hydrogens (tertiary/aromatic N) is 1. The van der Waals surface area contributed by atoms with Crippen LogP contribution in [0.15, 0.2) is 54.7 Å². The predicted molar refractivity (Wildman–Crippen MR) is 116 cm³/mol. The van der Waals surface area contributed by atoms with Crippen LogP contribution < -0.4 is 5.32 Å². The molecule has 0 unspecified atom stereocenters. The third-order valence-corrected chi connectivity index (χ3v) is 5.75. The highest BCUT2D eigenvalue weighted by molar-refractivity contribution is 5.96. The van der Waals surface area contributed by atoms with Crippen molar-refractivity contribution in [3.63, 3.8) is 0 Å².